The van der Waals surface area contributed by atoms with Gasteiger partial charge in [-0.25, -0.2) is 4.98 Å². The first kappa shape index (κ1) is 21.7. The van der Waals surface area contributed by atoms with Crippen molar-refractivity contribution in [2.45, 2.75) is 31.5 Å². The summed E-state index contributed by atoms with van der Waals surface area (Å²) in [7, 11) is 0. The molecular weight excluding hydrogens is 420 g/mol. The smallest absolute Gasteiger partial charge is 0.458 e. The number of carbonyl (C=O) groups is 1. The summed E-state index contributed by atoms with van der Waals surface area (Å²) in [5, 5.41) is 0. The summed E-state index contributed by atoms with van der Waals surface area (Å²) in [5.74, 6) is -1.09. The van der Waals surface area contributed by atoms with Crippen molar-refractivity contribution in [2.24, 2.45) is 0 Å². The molecule has 6 nitrogen and oxygen atoms in total. The molecule has 1 aromatic carbocycles. The summed E-state index contributed by atoms with van der Waals surface area (Å²) in [4.78, 5) is 21.0. The van der Waals surface area contributed by atoms with Gasteiger partial charge >= 0.3 is 18.5 Å². The standard InChI is InChI=1S/C18H15F6N3O3/c19-17(20,21)14-6-7-25-16(26-14)29-13-5-2-8-27(10-13)15(28)11-3-1-4-12(9-11)30-18(22,23)24/h1,3-4,6-7,9,13H,2,5,8,10H2. The average Bonchev–Trinajstić information content (AvgIpc) is 2.66. The molecule has 1 saturated heterocycles. The molecule has 1 amide bonds. The average molecular weight is 435 g/mol. The molecule has 2 aromatic rings. The molecule has 1 aromatic heterocycles. The number of carbonyl (C=O) groups excluding carboxylic acids is 1. The highest BCUT2D eigenvalue weighted by molar-refractivity contribution is 5.94. The highest BCUT2D eigenvalue weighted by atomic mass is 19.4. The third kappa shape index (κ3) is 5.74. The molecule has 0 N–H and O–H groups in total. The quantitative estimate of drug-likeness (QED) is 0.678. The topological polar surface area (TPSA) is 64.5 Å². The van der Waals surface area contributed by atoms with Crippen LogP contribution in [0.1, 0.15) is 28.9 Å². The molecule has 1 atom stereocenters. The Kier molecular flexibility index (Phi) is 6.04. The Morgan fingerprint density at radius 3 is 2.60 bits per heavy atom. The van der Waals surface area contributed by atoms with Gasteiger partial charge in [-0.15, -0.1) is 13.2 Å². The van der Waals surface area contributed by atoms with Gasteiger partial charge in [0.25, 0.3) is 5.91 Å². The number of ether oxygens (including phenoxy) is 2. The van der Waals surface area contributed by atoms with Crippen molar-refractivity contribution in [1.29, 1.82) is 0 Å². The monoisotopic (exact) mass is 435 g/mol. The van der Waals surface area contributed by atoms with Gasteiger partial charge in [-0.2, -0.15) is 18.2 Å². The fraction of sp³-hybridized carbons (Fsp3) is 0.389. The fourth-order valence-corrected chi connectivity index (χ4v) is 2.93. The zero-order chi connectivity index (χ0) is 21.9. The molecule has 0 radical (unpaired) electrons. The summed E-state index contributed by atoms with van der Waals surface area (Å²) in [6.45, 7) is 0.329. The van der Waals surface area contributed by atoms with E-state index in [1.54, 1.807) is 0 Å². The molecule has 1 fully saturated rings. The highest BCUT2D eigenvalue weighted by Gasteiger charge is 2.34. The number of amides is 1. The van der Waals surface area contributed by atoms with Crippen LogP contribution in [0.2, 0.25) is 0 Å². The minimum atomic E-state index is -4.89. The van der Waals surface area contributed by atoms with E-state index in [1.807, 2.05) is 0 Å². The first-order chi connectivity index (χ1) is 14.0. The van der Waals surface area contributed by atoms with E-state index in [0.29, 0.717) is 25.5 Å². The molecule has 0 bridgehead atoms. The van der Waals surface area contributed by atoms with Gasteiger partial charge in [0.1, 0.15) is 11.9 Å². The van der Waals surface area contributed by atoms with Crippen LogP contribution in [0.25, 0.3) is 0 Å². The van der Waals surface area contributed by atoms with Crippen LogP contribution in [0.4, 0.5) is 26.3 Å². The van der Waals surface area contributed by atoms with Crippen molar-refractivity contribution in [1.82, 2.24) is 14.9 Å². The zero-order valence-electron chi connectivity index (χ0n) is 15.2. The van der Waals surface area contributed by atoms with Crippen molar-refractivity contribution in [3.63, 3.8) is 0 Å². The minimum absolute atomic E-state index is 0.0167. The van der Waals surface area contributed by atoms with E-state index in [4.69, 9.17) is 4.74 Å². The number of benzene rings is 1. The molecule has 30 heavy (non-hydrogen) atoms. The number of hydrogen-bond acceptors (Lipinski definition) is 5. The van der Waals surface area contributed by atoms with E-state index >= 15 is 0 Å². The summed E-state index contributed by atoms with van der Waals surface area (Å²) in [5.41, 5.74) is -1.18. The second-order valence-electron chi connectivity index (χ2n) is 6.43. The number of halogens is 6. The van der Waals surface area contributed by atoms with Gasteiger partial charge in [-0.3, -0.25) is 4.79 Å². The number of aromatic nitrogens is 2. The van der Waals surface area contributed by atoms with E-state index < -0.39 is 42.0 Å². The highest BCUT2D eigenvalue weighted by Crippen LogP contribution is 2.29. The Morgan fingerprint density at radius 2 is 1.90 bits per heavy atom. The number of alkyl halides is 6. The van der Waals surface area contributed by atoms with Gasteiger partial charge in [-0.05, 0) is 37.1 Å². The molecule has 1 unspecified atom stereocenters. The number of nitrogens with zero attached hydrogens (tertiary/aromatic N) is 3. The van der Waals surface area contributed by atoms with Crippen LogP contribution in [0.5, 0.6) is 11.8 Å². The van der Waals surface area contributed by atoms with Crippen molar-refractivity contribution in [2.75, 3.05) is 13.1 Å². The van der Waals surface area contributed by atoms with E-state index in [9.17, 15) is 31.1 Å². The number of piperidine rings is 1. The molecular formula is C18H15F6N3O3. The van der Waals surface area contributed by atoms with E-state index in [1.165, 1.54) is 17.0 Å². The lowest BCUT2D eigenvalue weighted by Crippen LogP contribution is -2.44. The molecule has 0 spiro atoms. The number of hydrogen-bond donors (Lipinski definition) is 0. The van der Waals surface area contributed by atoms with Gasteiger partial charge in [0, 0.05) is 18.3 Å². The zero-order valence-corrected chi connectivity index (χ0v) is 15.2. The lowest BCUT2D eigenvalue weighted by atomic mass is 10.1. The molecule has 0 aliphatic carbocycles. The van der Waals surface area contributed by atoms with Gasteiger partial charge in [0.05, 0.1) is 6.54 Å². The SMILES string of the molecule is O=C(c1cccc(OC(F)(F)F)c1)N1CCCC(Oc2nccc(C(F)(F)F)n2)C1. The predicted octanol–water partition coefficient (Wildman–Crippen LogP) is 4.08. The fourth-order valence-electron chi connectivity index (χ4n) is 2.93. The lowest BCUT2D eigenvalue weighted by Gasteiger charge is -2.32. The van der Waals surface area contributed by atoms with Crippen molar-refractivity contribution in [3.05, 3.63) is 47.8 Å². The molecule has 0 saturated carbocycles. The molecule has 2 heterocycles. The predicted molar refractivity (Wildman–Crippen MR) is 89.7 cm³/mol. The van der Waals surface area contributed by atoms with Crippen molar-refractivity contribution < 1.29 is 40.6 Å². The van der Waals surface area contributed by atoms with Crippen LogP contribution in [-0.4, -0.2) is 46.3 Å². The second-order valence-corrected chi connectivity index (χ2v) is 6.43. The second kappa shape index (κ2) is 8.36. The Bertz CT molecular complexity index is 903. The van der Waals surface area contributed by atoms with Crippen molar-refractivity contribution >= 4 is 5.91 Å². The molecule has 1 aliphatic heterocycles. The normalized spacial score (nSPS) is 17.5. The summed E-state index contributed by atoms with van der Waals surface area (Å²) >= 11 is 0. The largest absolute Gasteiger partial charge is 0.573 e. The number of rotatable bonds is 4. The van der Waals surface area contributed by atoms with Gasteiger partial charge in [0.2, 0.25) is 0 Å². The minimum Gasteiger partial charge on any atom is -0.458 e. The Labute approximate surface area is 166 Å². The Balaban J connectivity index is 1.68. The van der Waals surface area contributed by atoms with Crippen molar-refractivity contribution in [3.8, 4) is 11.8 Å². The summed E-state index contributed by atoms with van der Waals surface area (Å²) in [6, 6.07) is 4.87. The van der Waals surface area contributed by atoms with Crippen LogP contribution < -0.4 is 9.47 Å². The number of likely N-dealkylation sites (tertiary alicyclic amines) is 1. The Morgan fingerprint density at radius 1 is 1.13 bits per heavy atom. The molecule has 1 aliphatic rings. The maximum absolute atomic E-state index is 12.8. The molecule has 3 rings (SSSR count). The van der Waals surface area contributed by atoms with Gasteiger partial charge in [-0.1, -0.05) is 6.07 Å². The molecule has 12 heteroatoms. The van der Waals surface area contributed by atoms with E-state index in [-0.39, 0.29) is 12.1 Å². The van der Waals surface area contributed by atoms with Crippen LogP contribution >= 0.6 is 0 Å². The van der Waals surface area contributed by atoms with Crippen LogP contribution in [-0.2, 0) is 6.18 Å². The van der Waals surface area contributed by atoms with E-state index in [2.05, 4.69) is 14.7 Å². The maximum Gasteiger partial charge on any atom is 0.573 e. The lowest BCUT2D eigenvalue weighted by molar-refractivity contribution is -0.274. The van der Waals surface area contributed by atoms with Gasteiger partial charge in [0.15, 0.2) is 5.69 Å². The third-order valence-electron chi connectivity index (χ3n) is 4.18. The van der Waals surface area contributed by atoms with Crippen LogP contribution in [0.3, 0.4) is 0 Å². The summed E-state index contributed by atoms with van der Waals surface area (Å²) in [6.07, 6.45) is -8.37. The van der Waals surface area contributed by atoms with Crippen LogP contribution in [0, 0.1) is 0 Å². The third-order valence-corrected chi connectivity index (χ3v) is 4.18. The molecule has 162 valence electrons. The first-order valence-corrected chi connectivity index (χ1v) is 8.73. The van der Waals surface area contributed by atoms with E-state index in [0.717, 1.165) is 18.3 Å². The van der Waals surface area contributed by atoms with Crippen LogP contribution in [0.15, 0.2) is 36.5 Å². The summed E-state index contributed by atoms with van der Waals surface area (Å²) < 4.78 is 84.6. The maximum atomic E-state index is 12.8. The Hall–Kier alpha value is -3.05. The van der Waals surface area contributed by atoms with Gasteiger partial charge < -0.3 is 14.4 Å². The first-order valence-electron chi connectivity index (χ1n) is 8.73.